The predicted octanol–water partition coefficient (Wildman–Crippen LogP) is 6.69. The van der Waals surface area contributed by atoms with Crippen LogP contribution in [0.5, 0.6) is 11.5 Å². The minimum atomic E-state index is 0.419. The van der Waals surface area contributed by atoms with Gasteiger partial charge >= 0.3 is 0 Å². The van der Waals surface area contributed by atoms with Gasteiger partial charge in [-0.3, -0.25) is 0 Å². The Kier molecular flexibility index (Phi) is 5.87. The number of hydrogen-bond acceptors (Lipinski definition) is 3. The number of rotatable bonds is 7. The third kappa shape index (κ3) is 4.47. The molecule has 0 atom stereocenters. The standard InChI is InChI=1S/C25H22ClNO2/c1-28-24-14-6-10-20(25(24)29-17-18-7-4-11-21(26)15-18)16-27-23-13-5-9-19-8-2-3-12-22(19)23/h2-15,27H,16-17H2,1H3. The molecule has 0 aliphatic carbocycles. The van der Waals surface area contributed by atoms with E-state index in [9.17, 15) is 0 Å². The van der Waals surface area contributed by atoms with Crippen molar-refractivity contribution in [3.05, 3.63) is 101 Å². The lowest BCUT2D eigenvalue weighted by Crippen LogP contribution is -2.05. The maximum absolute atomic E-state index is 6.15. The van der Waals surface area contributed by atoms with Crippen LogP contribution in [0, 0.1) is 0 Å². The summed E-state index contributed by atoms with van der Waals surface area (Å²) >= 11 is 6.09. The summed E-state index contributed by atoms with van der Waals surface area (Å²) < 4.78 is 11.7. The zero-order valence-electron chi connectivity index (χ0n) is 16.2. The van der Waals surface area contributed by atoms with Crippen LogP contribution in [0.1, 0.15) is 11.1 Å². The largest absolute Gasteiger partial charge is 0.493 e. The lowest BCUT2D eigenvalue weighted by Gasteiger charge is -2.17. The predicted molar refractivity (Wildman–Crippen MR) is 120 cm³/mol. The average molecular weight is 404 g/mol. The van der Waals surface area contributed by atoms with Crippen LogP contribution >= 0.6 is 11.6 Å². The monoisotopic (exact) mass is 403 g/mol. The molecule has 0 heterocycles. The summed E-state index contributed by atoms with van der Waals surface area (Å²) in [7, 11) is 1.66. The Labute approximate surface area is 175 Å². The molecular weight excluding hydrogens is 382 g/mol. The molecule has 4 aromatic carbocycles. The minimum Gasteiger partial charge on any atom is -0.493 e. The fraction of sp³-hybridized carbons (Fsp3) is 0.120. The van der Waals surface area contributed by atoms with E-state index in [1.54, 1.807) is 7.11 Å². The Morgan fingerprint density at radius 3 is 2.52 bits per heavy atom. The van der Waals surface area contributed by atoms with Crippen LogP contribution in [0.25, 0.3) is 10.8 Å². The number of fused-ring (bicyclic) bond motifs is 1. The molecular formula is C25H22ClNO2. The molecule has 0 amide bonds. The van der Waals surface area contributed by atoms with E-state index in [2.05, 4.69) is 47.8 Å². The van der Waals surface area contributed by atoms with Crippen LogP contribution in [-0.2, 0) is 13.2 Å². The summed E-state index contributed by atoms with van der Waals surface area (Å²) in [6.07, 6.45) is 0. The van der Waals surface area contributed by atoms with E-state index in [0.29, 0.717) is 23.9 Å². The molecule has 4 rings (SSSR count). The molecule has 1 N–H and O–H groups in total. The summed E-state index contributed by atoms with van der Waals surface area (Å²) in [5.74, 6) is 1.45. The third-order valence-electron chi connectivity index (χ3n) is 4.81. The first kappa shape index (κ1) is 19.2. The van der Waals surface area contributed by atoms with E-state index in [4.69, 9.17) is 21.1 Å². The molecule has 0 aromatic heterocycles. The van der Waals surface area contributed by atoms with Crippen molar-refractivity contribution in [1.29, 1.82) is 0 Å². The maximum atomic E-state index is 6.15. The number of anilines is 1. The first-order valence-electron chi connectivity index (χ1n) is 9.49. The van der Waals surface area contributed by atoms with Gasteiger partial charge in [0.05, 0.1) is 7.11 Å². The summed E-state index contributed by atoms with van der Waals surface area (Å²) in [6.45, 7) is 1.04. The van der Waals surface area contributed by atoms with Gasteiger partial charge < -0.3 is 14.8 Å². The number of methoxy groups -OCH3 is 1. The number of benzene rings is 4. The second-order valence-electron chi connectivity index (χ2n) is 6.75. The first-order valence-corrected chi connectivity index (χ1v) is 9.87. The summed E-state index contributed by atoms with van der Waals surface area (Å²) in [4.78, 5) is 0. The van der Waals surface area contributed by atoms with Gasteiger partial charge in [-0.15, -0.1) is 0 Å². The van der Waals surface area contributed by atoms with Gasteiger partial charge in [0.25, 0.3) is 0 Å². The van der Waals surface area contributed by atoms with Crippen molar-refractivity contribution < 1.29 is 9.47 Å². The molecule has 29 heavy (non-hydrogen) atoms. The first-order chi connectivity index (χ1) is 14.2. The zero-order valence-corrected chi connectivity index (χ0v) is 16.9. The smallest absolute Gasteiger partial charge is 0.166 e. The molecule has 4 heteroatoms. The second-order valence-corrected chi connectivity index (χ2v) is 7.18. The van der Waals surface area contributed by atoms with E-state index in [0.717, 1.165) is 22.6 Å². The highest BCUT2D eigenvalue weighted by atomic mass is 35.5. The van der Waals surface area contributed by atoms with Crippen molar-refractivity contribution in [2.75, 3.05) is 12.4 Å². The van der Waals surface area contributed by atoms with Gasteiger partial charge in [0.2, 0.25) is 0 Å². The van der Waals surface area contributed by atoms with Crippen molar-refractivity contribution >= 4 is 28.1 Å². The molecule has 0 bridgehead atoms. The van der Waals surface area contributed by atoms with Crippen LogP contribution < -0.4 is 14.8 Å². The van der Waals surface area contributed by atoms with Gasteiger partial charge in [0.1, 0.15) is 6.61 Å². The molecule has 0 aliphatic rings. The zero-order chi connectivity index (χ0) is 20.1. The number of para-hydroxylation sites is 1. The second kappa shape index (κ2) is 8.89. The lowest BCUT2D eigenvalue weighted by atomic mass is 10.1. The molecule has 0 aliphatic heterocycles. The van der Waals surface area contributed by atoms with Gasteiger partial charge in [-0.25, -0.2) is 0 Å². The van der Waals surface area contributed by atoms with Crippen molar-refractivity contribution in [2.24, 2.45) is 0 Å². The highest BCUT2D eigenvalue weighted by Gasteiger charge is 2.12. The Hall–Kier alpha value is -3.17. The molecule has 0 saturated heterocycles. The van der Waals surface area contributed by atoms with E-state index in [1.807, 2.05) is 42.5 Å². The van der Waals surface area contributed by atoms with Gasteiger partial charge in [-0.1, -0.05) is 72.3 Å². The Bertz CT molecular complexity index is 1120. The minimum absolute atomic E-state index is 0.419. The van der Waals surface area contributed by atoms with Gasteiger partial charge in [-0.2, -0.15) is 0 Å². The fourth-order valence-electron chi connectivity index (χ4n) is 3.38. The van der Waals surface area contributed by atoms with Crippen LogP contribution in [0.3, 0.4) is 0 Å². The van der Waals surface area contributed by atoms with Crippen molar-refractivity contribution in [1.82, 2.24) is 0 Å². The molecule has 0 saturated carbocycles. The molecule has 0 unspecified atom stereocenters. The number of hydrogen-bond donors (Lipinski definition) is 1. The molecule has 0 radical (unpaired) electrons. The Morgan fingerprint density at radius 2 is 1.66 bits per heavy atom. The van der Waals surface area contributed by atoms with Gasteiger partial charge in [0, 0.05) is 28.2 Å². The highest BCUT2D eigenvalue weighted by Crippen LogP contribution is 2.33. The highest BCUT2D eigenvalue weighted by molar-refractivity contribution is 6.30. The maximum Gasteiger partial charge on any atom is 0.166 e. The Balaban J connectivity index is 1.57. The van der Waals surface area contributed by atoms with Crippen molar-refractivity contribution in [3.8, 4) is 11.5 Å². The molecule has 146 valence electrons. The average Bonchev–Trinajstić information content (AvgIpc) is 2.76. The summed E-state index contributed by atoms with van der Waals surface area (Å²) in [6, 6.07) is 28.2. The van der Waals surface area contributed by atoms with Crippen LogP contribution in [0.2, 0.25) is 5.02 Å². The molecule has 0 spiro atoms. The van der Waals surface area contributed by atoms with Crippen molar-refractivity contribution in [2.45, 2.75) is 13.2 Å². The van der Waals surface area contributed by atoms with Crippen LogP contribution in [-0.4, -0.2) is 7.11 Å². The summed E-state index contributed by atoms with van der Waals surface area (Å²) in [5.41, 5.74) is 3.13. The topological polar surface area (TPSA) is 30.5 Å². The number of nitrogens with one attached hydrogen (secondary N) is 1. The molecule has 4 aromatic rings. The van der Waals surface area contributed by atoms with Gasteiger partial charge in [-0.05, 0) is 35.2 Å². The van der Waals surface area contributed by atoms with E-state index < -0.39 is 0 Å². The third-order valence-corrected chi connectivity index (χ3v) is 5.05. The van der Waals surface area contributed by atoms with E-state index in [-0.39, 0.29) is 0 Å². The van der Waals surface area contributed by atoms with E-state index >= 15 is 0 Å². The van der Waals surface area contributed by atoms with Crippen LogP contribution in [0.15, 0.2) is 84.9 Å². The number of halogens is 1. The molecule has 0 fully saturated rings. The fourth-order valence-corrected chi connectivity index (χ4v) is 3.59. The SMILES string of the molecule is COc1cccc(CNc2cccc3ccccc23)c1OCc1cccc(Cl)c1. The Morgan fingerprint density at radius 1 is 0.862 bits per heavy atom. The van der Waals surface area contributed by atoms with Gasteiger partial charge in [0.15, 0.2) is 11.5 Å². The summed E-state index contributed by atoms with van der Waals surface area (Å²) in [5, 5.41) is 6.65. The lowest BCUT2D eigenvalue weighted by molar-refractivity contribution is 0.281. The quantitative estimate of drug-likeness (QED) is 0.372. The van der Waals surface area contributed by atoms with Crippen LogP contribution in [0.4, 0.5) is 5.69 Å². The molecule has 3 nitrogen and oxygen atoms in total. The van der Waals surface area contributed by atoms with E-state index in [1.165, 1.54) is 10.8 Å². The number of ether oxygens (including phenoxy) is 2. The van der Waals surface area contributed by atoms with Crippen molar-refractivity contribution in [3.63, 3.8) is 0 Å². The normalized spacial score (nSPS) is 10.7.